The van der Waals surface area contributed by atoms with Gasteiger partial charge in [0.25, 0.3) is 0 Å². The van der Waals surface area contributed by atoms with Crippen LogP contribution in [0.4, 0.5) is 0 Å². The molecule has 1 heterocycles. The van der Waals surface area contributed by atoms with E-state index < -0.39 is 0 Å². The first kappa shape index (κ1) is 10.0. The van der Waals surface area contributed by atoms with Crippen LogP contribution in [0.5, 0.6) is 0 Å². The zero-order valence-corrected chi connectivity index (χ0v) is 8.52. The van der Waals surface area contributed by atoms with Gasteiger partial charge in [-0.25, -0.2) is 0 Å². The van der Waals surface area contributed by atoms with Crippen molar-refractivity contribution in [3.05, 3.63) is 0 Å². The Kier molecular flexibility index (Phi) is 3.53. The van der Waals surface area contributed by atoms with Gasteiger partial charge in [-0.3, -0.25) is 0 Å². The number of hydrogen-bond acceptors (Lipinski definition) is 2. The predicted molar refractivity (Wildman–Crippen MR) is 51.3 cm³/mol. The molecule has 0 aliphatic carbocycles. The lowest BCUT2D eigenvalue weighted by Crippen LogP contribution is -2.31. The molecule has 0 bridgehead atoms. The maximum Gasteiger partial charge on any atom is 0.0462 e. The zero-order valence-electron chi connectivity index (χ0n) is 8.52. The van der Waals surface area contributed by atoms with Gasteiger partial charge < -0.3 is 10.1 Å². The highest BCUT2D eigenvalue weighted by Gasteiger charge is 2.29. The molecule has 0 saturated carbocycles. The van der Waals surface area contributed by atoms with Crippen LogP contribution >= 0.6 is 0 Å². The Morgan fingerprint density at radius 1 is 1.50 bits per heavy atom. The minimum atomic E-state index is 0.373. The van der Waals surface area contributed by atoms with Crippen LogP contribution < -0.4 is 5.32 Å². The van der Waals surface area contributed by atoms with Crippen molar-refractivity contribution in [2.75, 3.05) is 20.3 Å². The third-order valence-electron chi connectivity index (χ3n) is 2.63. The summed E-state index contributed by atoms with van der Waals surface area (Å²) in [6.45, 7) is 6.67. The van der Waals surface area contributed by atoms with Crippen LogP contribution in [0.15, 0.2) is 0 Å². The van der Waals surface area contributed by atoms with Crippen molar-refractivity contribution in [2.24, 2.45) is 5.92 Å². The molecule has 0 spiro atoms. The summed E-state index contributed by atoms with van der Waals surface area (Å²) in [4.78, 5) is 0. The quantitative estimate of drug-likeness (QED) is 0.651. The van der Waals surface area contributed by atoms with Gasteiger partial charge in [0.2, 0.25) is 0 Å². The summed E-state index contributed by atoms with van der Waals surface area (Å²) in [6.07, 6.45) is 3.83. The Labute approximate surface area is 75.7 Å². The van der Waals surface area contributed by atoms with Crippen molar-refractivity contribution in [3.63, 3.8) is 0 Å². The van der Waals surface area contributed by atoms with Gasteiger partial charge in [-0.2, -0.15) is 0 Å². The summed E-state index contributed by atoms with van der Waals surface area (Å²) in [5.74, 6) is 0.871. The van der Waals surface area contributed by atoms with Gasteiger partial charge in [0.15, 0.2) is 0 Å². The molecule has 0 radical (unpaired) electrons. The number of hydrogen-bond donors (Lipinski definition) is 1. The van der Waals surface area contributed by atoms with Crippen LogP contribution in [0.3, 0.4) is 0 Å². The molecule has 0 aromatic rings. The molecule has 2 nitrogen and oxygen atoms in total. The van der Waals surface area contributed by atoms with E-state index in [1.165, 1.54) is 25.8 Å². The molecule has 1 aliphatic rings. The molecular formula is C10H21NO. The third-order valence-corrected chi connectivity index (χ3v) is 2.63. The van der Waals surface area contributed by atoms with E-state index >= 15 is 0 Å². The van der Waals surface area contributed by atoms with Crippen LogP contribution in [-0.4, -0.2) is 25.8 Å². The van der Waals surface area contributed by atoms with Crippen LogP contribution in [0, 0.1) is 5.92 Å². The zero-order chi connectivity index (χ0) is 9.03. The van der Waals surface area contributed by atoms with E-state index in [0.29, 0.717) is 5.54 Å². The minimum Gasteiger partial charge on any atom is -0.385 e. The van der Waals surface area contributed by atoms with Crippen LogP contribution in [0.1, 0.15) is 33.1 Å². The van der Waals surface area contributed by atoms with E-state index in [1.807, 2.05) is 0 Å². The van der Waals surface area contributed by atoms with Crippen LogP contribution in [0.25, 0.3) is 0 Å². The molecule has 1 atom stereocenters. The molecule has 12 heavy (non-hydrogen) atoms. The average molecular weight is 171 g/mol. The monoisotopic (exact) mass is 171 g/mol. The Morgan fingerprint density at radius 2 is 2.25 bits per heavy atom. The first-order valence-corrected chi connectivity index (χ1v) is 4.88. The van der Waals surface area contributed by atoms with E-state index in [1.54, 1.807) is 7.11 Å². The molecule has 2 heteroatoms. The lowest BCUT2D eigenvalue weighted by molar-refractivity contribution is 0.187. The van der Waals surface area contributed by atoms with Crippen molar-refractivity contribution in [1.29, 1.82) is 0 Å². The molecule has 0 aromatic heterocycles. The highest BCUT2D eigenvalue weighted by atomic mass is 16.5. The lowest BCUT2D eigenvalue weighted by atomic mass is 9.94. The second kappa shape index (κ2) is 4.24. The summed E-state index contributed by atoms with van der Waals surface area (Å²) in [5, 5.41) is 3.53. The SMILES string of the molecule is COCCCC1CNC(C)(C)C1. The Bertz CT molecular complexity index is 134. The van der Waals surface area contributed by atoms with Gasteiger partial charge in [0, 0.05) is 19.3 Å². The van der Waals surface area contributed by atoms with Crippen LogP contribution in [-0.2, 0) is 4.74 Å². The second-order valence-corrected chi connectivity index (χ2v) is 4.47. The van der Waals surface area contributed by atoms with Crippen molar-refractivity contribution in [3.8, 4) is 0 Å². The van der Waals surface area contributed by atoms with E-state index in [-0.39, 0.29) is 0 Å². The van der Waals surface area contributed by atoms with Gasteiger partial charge in [-0.1, -0.05) is 0 Å². The predicted octanol–water partition coefficient (Wildman–Crippen LogP) is 1.80. The van der Waals surface area contributed by atoms with Crippen molar-refractivity contribution in [2.45, 2.75) is 38.6 Å². The van der Waals surface area contributed by atoms with Gasteiger partial charge in [0.1, 0.15) is 0 Å². The summed E-state index contributed by atoms with van der Waals surface area (Å²) in [6, 6.07) is 0. The number of ether oxygens (including phenoxy) is 1. The standard InChI is InChI=1S/C10H21NO/c1-10(2)7-9(8-11-10)5-4-6-12-3/h9,11H,4-8H2,1-3H3. The van der Waals surface area contributed by atoms with Gasteiger partial charge in [0.05, 0.1) is 0 Å². The number of rotatable bonds is 4. The molecule has 1 fully saturated rings. The highest BCUT2D eigenvalue weighted by molar-refractivity contribution is 4.88. The van der Waals surface area contributed by atoms with Gasteiger partial charge in [-0.05, 0) is 45.6 Å². The second-order valence-electron chi connectivity index (χ2n) is 4.47. The molecule has 72 valence electrons. The van der Waals surface area contributed by atoms with E-state index in [0.717, 1.165) is 12.5 Å². The molecule has 1 rings (SSSR count). The molecule has 0 amide bonds. The topological polar surface area (TPSA) is 21.3 Å². The molecule has 0 aromatic carbocycles. The molecule has 1 saturated heterocycles. The largest absolute Gasteiger partial charge is 0.385 e. The smallest absolute Gasteiger partial charge is 0.0462 e. The fourth-order valence-electron chi connectivity index (χ4n) is 2.01. The first-order chi connectivity index (χ1) is 5.64. The van der Waals surface area contributed by atoms with E-state index in [2.05, 4.69) is 19.2 Å². The van der Waals surface area contributed by atoms with Gasteiger partial charge in [-0.15, -0.1) is 0 Å². The number of methoxy groups -OCH3 is 1. The minimum absolute atomic E-state index is 0.373. The fraction of sp³-hybridized carbons (Fsp3) is 1.00. The summed E-state index contributed by atoms with van der Waals surface area (Å²) >= 11 is 0. The highest BCUT2D eigenvalue weighted by Crippen LogP contribution is 2.26. The molecule has 1 unspecified atom stereocenters. The van der Waals surface area contributed by atoms with Gasteiger partial charge >= 0.3 is 0 Å². The Morgan fingerprint density at radius 3 is 2.75 bits per heavy atom. The van der Waals surface area contributed by atoms with E-state index in [4.69, 9.17) is 4.74 Å². The normalized spacial score (nSPS) is 27.8. The van der Waals surface area contributed by atoms with Crippen molar-refractivity contribution >= 4 is 0 Å². The maximum absolute atomic E-state index is 5.03. The molecular weight excluding hydrogens is 150 g/mol. The summed E-state index contributed by atoms with van der Waals surface area (Å²) < 4.78 is 5.03. The summed E-state index contributed by atoms with van der Waals surface area (Å²) in [5.41, 5.74) is 0.373. The molecule has 1 aliphatic heterocycles. The Balaban J connectivity index is 2.11. The summed E-state index contributed by atoms with van der Waals surface area (Å²) in [7, 11) is 1.77. The van der Waals surface area contributed by atoms with E-state index in [9.17, 15) is 0 Å². The maximum atomic E-state index is 5.03. The molecule has 1 N–H and O–H groups in total. The van der Waals surface area contributed by atoms with Crippen LogP contribution in [0.2, 0.25) is 0 Å². The van der Waals surface area contributed by atoms with Crippen molar-refractivity contribution in [1.82, 2.24) is 5.32 Å². The fourth-order valence-corrected chi connectivity index (χ4v) is 2.01. The first-order valence-electron chi connectivity index (χ1n) is 4.88. The third kappa shape index (κ3) is 3.11. The van der Waals surface area contributed by atoms with Crippen molar-refractivity contribution < 1.29 is 4.74 Å². The average Bonchev–Trinajstić information content (AvgIpc) is 2.31. The Hall–Kier alpha value is -0.0800. The lowest BCUT2D eigenvalue weighted by Gasteiger charge is -2.17. The number of nitrogens with one attached hydrogen (secondary N) is 1.